The van der Waals surface area contributed by atoms with Gasteiger partial charge in [0.2, 0.25) is 0 Å². The van der Waals surface area contributed by atoms with E-state index in [-0.39, 0.29) is 35.9 Å². The Kier molecular flexibility index (Phi) is 10.9. The average molecular weight is 503 g/mol. The molecule has 2 rings (SSSR count). The van der Waals surface area contributed by atoms with E-state index in [0.717, 1.165) is 18.9 Å². The van der Waals surface area contributed by atoms with Crippen LogP contribution in [0.5, 0.6) is 5.75 Å². The molecule has 0 aliphatic carbocycles. The average Bonchev–Trinajstić information content (AvgIpc) is 3.05. The fourth-order valence-electron chi connectivity index (χ4n) is 2.57. The number of halogens is 2. The molecule has 0 fully saturated rings. The molecule has 0 saturated carbocycles. The van der Waals surface area contributed by atoms with Crippen LogP contribution in [0.1, 0.15) is 33.5 Å². The van der Waals surface area contributed by atoms with Crippen molar-refractivity contribution in [2.24, 2.45) is 10.9 Å². The van der Waals surface area contributed by atoms with Crippen molar-refractivity contribution in [2.45, 2.75) is 46.9 Å². The maximum Gasteiger partial charge on any atom is 0.191 e. The summed E-state index contributed by atoms with van der Waals surface area (Å²) in [6.45, 7) is 11.1. The monoisotopic (exact) mass is 503 g/mol. The highest BCUT2D eigenvalue weighted by atomic mass is 127. The minimum Gasteiger partial charge on any atom is -0.489 e. The molecule has 0 aliphatic heterocycles. The van der Waals surface area contributed by atoms with Gasteiger partial charge in [-0.15, -0.1) is 24.0 Å². The minimum absolute atomic E-state index is 0. The number of guanidine groups is 1. The van der Waals surface area contributed by atoms with Gasteiger partial charge in [-0.1, -0.05) is 13.8 Å². The quantitative estimate of drug-likeness (QED) is 0.311. The molecule has 1 atom stereocenters. The van der Waals surface area contributed by atoms with E-state index in [0.29, 0.717) is 30.7 Å². The van der Waals surface area contributed by atoms with Gasteiger partial charge in [-0.2, -0.15) is 0 Å². The van der Waals surface area contributed by atoms with E-state index in [1.807, 2.05) is 26.2 Å². The lowest BCUT2D eigenvalue weighted by Gasteiger charge is -2.18. The first-order valence-corrected chi connectivity index (χ1v) is 9.42. The molecule has 0 spiro atoms. The third kappa shape index (κ3) is 8.45. The summed E-state index contributed by atoms with van der Waals surface area (Å²) in [6, 6.07) is 6.03. The maximum atomic E-state index is 13.0. The normalized spacial score (nSPS) is 12.4. The van der Waals surface area contributed by atoms with Crippen LogP contribution in [0.2, 0.25) is 0 Å². The number of hydrogen-bond donors (Lipinski definition) is 2. The zero-order valence-corrected chi connectivity index (χ0v) is 19.3. The lowest BCUT2D eigenvalue weighted by molar-refractivity contribution is 0.223. The summed E-state index contributed by atoms with van der Waals surface area (Å²) in [7, 11) is 0. The van der Waals surface area contributed by atoms with Crippen LogP contribution in [0, 0.1) is 11.7 Å². The molecule has 0 amide bonds. The van der Waals surface area contributed by atoms with Crippen molar-refractivity contribution >= 4 is 29.9 Å². The first-order chi connectivity index (χ1) is 13.0. The van der Waals surface area contributed by atoms with Crippen LogP contribution in [0.15, 0.2) is 41.7 Å². The second-order valence-corrected chi connectivity index (χ2v) is 6.85. The van der Waals surface area contributed by atoms with Crippen LogP contribution in [0.4, 0.5) is 4.39 Å². The Balaban J connectivity index is 0.00000392. The van der Waals surface area contributed by atoms with Crippen LogP contribution >= 0.6 is 24.0 Å². The summed E-state index contributed by atoms with van der Waals surface area (Å²) in [5.74, 6) is 2.58. The van der Waals surface area contributed by atoms with E-state index in [9.17, 15) is 4.39 Å². The van der Waals surface area contributed by atoms with Crippen LogP contribution in [0.25, 0.3) is 0 Å². The van der Waals surface area contributed by atoms with Gasteiger partial charge in [-0.3, -0.25) is 0 Å². The first-order valence-electron chi connectivity index (χ1n) is 9.42. The van der Waals surface area contributed by atoms with Gasteiger partial charge in [0.1, 0.15) is 30.0 Å². The first kappa shape index (κ1) is 24.2. The van der Waals surface area contributed by atoms with Crippen molar-refractivity contribution in [3.8, 4) is 5.75 Å². The second kappa shape index (κ2) is 12.6. The van der Waals surface area contributed by atoms with Crippen molar-refractivity contribution < 1.29 is 9.13 Å². The van der Waals surface area contributed by atoms with Crippen LogP contribution in [-0.2, 0) is 13.1 Å². The fourth-order valence-corrected chi connectivity index (χ4v) is 2.57. The number of benzene rings is 1. The van der Waals surface area contributed by atoms with Crippen LogP contribution in [0.3, 0.4) is 0 Å². The molecule has 156 valence electrons. The van der Waals surface area contributed by atoms with Gasteiger partial charge in [0.15, 0.2) is 5.96 Å². The molecular formula is C20H31FIN5O. The summed E-state index contributed by atoms with van der Waals surface area (Å²) in [4.78, 5) is 9.02. The number of rotatable bonds is 9. The van der Waals surface area contributed by atoms with E-state index in [1.165, 1.54) is 12.1 Å². The fraction of sp³-hybridized carbons (Fsp3) is 0.500. The number of imidazole rings is 1. The van der Waals surface area contributed by atoms with Crippen molar-refractivity contribution in [2.75, 3.05) is 13.1 Å². The SMILES string of the molecule is CCNC(=NCc1nccn1CC(C)C)NCC(C)Oc1ccc(F)cc1.I. The van der Waals surface area contributed by atoms with Crippen LogP contribution < -0.4 is 15.4 Å². The molecule has 28 heavy (non-hydrogen) atoms. The molecule has 2 N–H and O–H groups in total. The lowest BCUT2D eigenvalue weighted by atomic mass is 10.2. The molecule has 2 aromatic rings. The second-order valence-electron chi connectivity index (χ2n) is 6.85. The predicted molar refractivity (Wildman–Crippen MR) is 122 cm³/mol. The van der Waals surface area contributed by atoms with E-state index in [4.69, 9.17) is 4.74 Å². The number of nitrogens with zero attached hydrogens (tertiary/aromatic N) is 3. The Bertz CT molecular complexity index is 718. The molecule has 0 aliphatic rings. The van der Waals surface area contributed by atoms with Crippen molar-refractivity contribution in [1.82, 2.24) is 20.2 Å². The Labute approximate surface area is 184 Å². The molecule has 0 saturated heterocycles. The zero-order chi connectivity index (χ0) is 19.6. The van der Waals surface area contributed by atoms with Gasteiger partial charge in [-0.05, 0) is 44.0 Å². The van der Waals surface area contributed by atoms with Gasteiger partial charge < -0.3 is 19.9 Å². The summed E-state index contributed by atoms with van der Waals surface area (Å²) in [6.07, 6.45) is 3.71. The maximum absolute atomic E-state index is 13.0. The van der Waals surface area contributed by atoms with Crippen molar-refractivity contribution in [1.29, 1.82) is 0 Å². The summed E-state index contributed by atoms with van der Waals surface area (Å²) in [5.41, 5.74) is 0. The number of hydrogen-bond acceptors (Lipinski definition) is 3. The number of aliphatic imine (C=N–C) groups is 1. The largest absolute Gasteiger partial charge is 0.489 e. The van der Waals surface area contributed by atoms with Gasteiger partial charge in [0.25, 0.3) is 0 Å². The Hall–Kier alpha value is -1.84. The predicted octanol–water partition coefficient (Wildman–Crippen LogP) is 3.82. The standard InChI is InChI=1S/C20H30FN5O.HI/c1-5-22-20(25-13-19-23-10-11-26(19)14-15(2)3)24-12-16(4)27-18-8-6-17(21)7-9-18;/h6-11,15-16H,5,12-14H2,1-4H3,(H2,22,24,25);1H. The highest BCUT2D eigenvalue weighted by molar-refractivity contribution is 14.0. The molecule has 1 unspecified atom stereocenters. The Morgan fingerprint density at radius 1 is 1.21 bits per heavy atom. The van der Waals surface area contributed by atoms with Crippen molar-refractivity contribution in [3.63, 3.8) is 0 Å². The van der Waals surface area contributed by atoms with E-state index >= 15 is 0 Å². The number of nitrogens with one attached hydrogen (secondary N) is 2. The molecule has 8 heteroatoms. The molecule has 0 bridgehead atoms. The summed E-state index contributed by atoms with van der Waals surface area (Å²) in [5, 5.41) is 6.51. The third-order valence-corrected chi connectivity index (χ3v) is 3.79. The molecule has 1 aromatic carbocycles. The number of aromatic nitrogens is 2. The van der Waals surface area contributed by atoms with E-state index in [1.54, 1.807) is 12.1 Å². The molecule has 0 radical (unpaired) electrons. The van der Waals surface area contributed by atoms with Gasteiger partial charge in [0.05, 0.1) is 6.54 Å². The summed E-state index contributed by atoms with van der Waals surface area (Å²) >= 11 is 0. The minimum atomic E-state index is -0.273. The van der Waals surface area contributed by atoms with E-state index < -0.39 is 0 Å². The lowest BCUT2D eigenvalue weighted by Crippen LogP contribution is -2.41. The van der Waals surface area contributed by atoms with E-state index in [2.05, 4.69) is 39.0 Å². The molecule has 1 aromatic heterocycles. The van der Waals surface area contributed by atoms with Gasteiger partial charge in [-0.25, -0.2) is 14.4 Å². The highest BCUT2D eigenvalue weighted by Gasteiger charge is 2.08. The van der Waals surface area contributed by atoms with Crippen LogP contribution in [-0.4, -0.2) is 34.7 Å². The molecular weight excluding hydrogens is 472 g/mol. The Morgan fingerprint density at radius 2 is 1.93 bits per heavy atom. The number of ether oxygens (including phenoxy) is 1. The van der Waals surface area contributed by atoms with Gasteiger partial charge >= 0.3 is 0 Å². The molecule has 6 nitrogen and oxygen atoms in total. The van der Waals surface area contributed by atoms with Gasteiger partial charge in [0, 0.05) is 25.5 Å². The topological polar surface area (TPSA) is 63.5 Å². The molecule has 1 heterocycles. The smallest absolute Gasteiger partial charge is 0.191 e. The Morgan fingerprint density at radius 3 is 2.57 bits per heavy atom. The summed E-state index contributed by atoms with van der Waals surface area (Å²) < 4.78 is 20.9. The third-order valence-electron chi connectivity index (χ3n) is 3.79. The van der Waals surface area contributed by atoms with Crippen molar-refractivity contribution in [3.05, 3.63) is 48.3 Å². The highest BCUT2D eigenvalue weighted by Crippen LogP contribution is 2.12. The zero-order valence-electron chi connectivity index (χ0n) is 17.0.